The molecule has 3 N–H and O–H groups in total. The van der Waals surface area contributed by atoms with Gasteiger partial charge in [0.25, 0.3) is 0 Å². The third kappa shape index (κ3) is 2.91. The van der Waals surface area contributed by atoms with E-state index in [2.05, 4.69) is 12.2 Å². The summed E-state index contributed by atoms with van der Waals surface area (Å²) >= 11 is 0. The van der Waals surface area contributed by atoms with Gasteiger partial charge in [0.1, 0.15) is 6.17 Å². The molecular weight excluding hydrogens is 256 g/mol. The first-order chi connectivity index (χ1) is 9.50. The van der Waals surface area contributed by atoms with E-state index < -0.39 is 5.91 Å². The Morgan fingerprint density at radius 3 is 2.55 bits per heavy atom. The average molecular weight is 276 g/mol. The molecule has 0 bridgehead atoms. The van der Waals surface area contributed by atoms with Crippen LogP contribution in [0, 0.1) is 0 Å². The molecule has 6 heteroatoms. The van der Waals surface area contributed by atoms with Crippen molar-refractivity contribution in [1.82, 2.24) is 10.3 Å². The molecule has 20 heavy (non-hydrogen) atoms. The number of rotatable bonds is 4. The number of hydrazine groups is 1. The third-order valence-corrected chi connectivity index (χ3v) is 3.36. The number of anilines is 1. The highest BCUT2D eigenvalue weighted by Gasteiger charge is 2.38. The Hall–Kier alpha value is -2.08. The number of nitrogens with one attached hydrogen (secondary N) is 1. The lowest BCUT2D eigenvalue weighted by Crippen LogP contribution is -2.52. The molecule has 0 aromatic heterocycles. The van der Waals surface area contributed by atoms with Crippen molar-refractivity contribution in [2.45, 2.75) is 32.5 Å². The highest BCUT2D eigenvalue weighted by Crippen LogP contribution is 2.29. The Bertz CT molecular complexity index is 491. The van der Waals surface area contributed by atoms with Gasteiger partial charge in [-0.3, -0.25) is 19.9 Å². The van der Waals surface area contributed by atoms with Gasteiger partial charge in [0.05, 0.1) is 18.3 Å². The van der Waals surface area contributed by atoms with Gasteiger partial charge >= 0.3 is 0 Å². The molecule has 0 saturated carbocycles. The van der Waals surface area contributed by atoms with Gasteiger partial charge in [-0.1, -0.05) is 18.2 Å². The first kappa shape index (κ1) is 14.3. The van der Waals surface area contributed by atoms with Gasteiger partial charge in [-0.05, 0) is 19.1 Å². The molecular formula is C14H20N4O2. The monoisotopic (exact) mass is 276 g/mol. The van der Waals surface area contributed by atoms with Gasteiger partial charge in [0.15, 0.2) is 0 Å². The predicted molar refractivity (Wildman–Crippen MR) is 76.5 cm³/mol. The minimum Gasteiger partial charge on any atom is -0.369 e. The van der Waals surface area contributed by atoms with Gasteiger partial charge in [-0.15, -0.1) is 0 Å². The van der Waals surface area contributed by atoms with E-state index in [4.69, 9.17) is 5.73 Å². The van der Waals surface area contributed by atoms with Gasteiger partial charge in [0.2, 0.25) is 11.8 Å². The lowest BCUT2D eigenvalue weighted by atomic mass is 10.2. The van der Waals surface area contributed by atoms with Crippen molar-refractivity contribution in [3.63, 3.8) is 0 Å². The molecule has 6 nitrogen and oxygen atoms in total. The maximum atomic E-state index is 12.0. The first-order valence-electron chi connectivity index (χ1n) is 6.66. The Morgan fingerprint density at radius 1 is 1.35 bits per heavy atom. The van der Waals surface area contributed by atoms with E-state index in [-0.39, 0.29) is 24.7 Å². The van der Waals surface area contributed by atoms with E-state index in [9.17, 15) is 9.59 Å². The Kier molecular flexibility index (Phi) is 4.24. The van der Waals surface area contributed by atoms with Crippen LogP contribution in [-0.2, 0) is 9.59 Å². The summed E-state index contributed by atoms with van der Waals surface area (Å²) in [6.07, 6.45) is 0.525. The minimum absolute atomic E-state index is 0.0593. The van der Waals surface area contributed by atoms with Crippen LogP contribution in [0.1, 0.15) is 20.3 Å². The summed E-state index contributed by atoms with van der Waals surface area (Å²) in [5.74, 6) is -0.500. The van der Waals surface area contributed by atoms with Gasteiger partial charge in [-0.25, -0.2) is 5.01 Å². The van der Waals surface area contributed by atoms with E-state index in [1.165, 1.54) is 6.92 Å². The Balaban J connectivity index is 2.23. The maximum absolute atomic E-state index is 12.0. The summed E-state index contributed by atoms with van der Waals surface area (Å²) in [4.78, 5) is 22.9. The van der Waals surface area contributed by atoms with Crippen LogP contribution in [0.3, 0.4) is 0 Å². The van der Waals surface area contributed by atoms with E-state index in [1.54, 1.807) is 5.01 Å². The average Bonchev–Trinajstić information content (AvgIpc) is 2.74. The summed E-state index contributed by atoms with van der Waals surface area (Å²) in [7, 11) is 0. The lowest BCUT2D eigenvalue weighted by molar-refractivity contribution is -0.131. The fourth-order valence-corrected chi connectivity index (χ4v) is 2.60. The number of carbonyl (C=O) groups excluding carboxylic acids is 2. The van der Waals surface area contributed by atoms with Crippen LogP contribution in [0.5, 0.6) is 0 Å². The van der Waals surface area contributed by atoms with Crippen LogP contribution in [0.4, 0.5) is 5.69 Å². The summed E-state index contributed by atoms with van der Waals surface area (Å²) in [5, 5.41) is 6.65. The molecule has 2 unspecified atom stereocenters. The molecule has 0 aliphatic carbocycles. The van der Waals surface area contributed by atoms with Crippen molar-refractivity contribution in [1.29, 1.82) is 0 Å². The fourth-order valence-electron chi connectivity index (χ4n) is 2.60. The first-order valence-corrected chi connectivity index (χ1v) is 6.66. The number of hydrogen-bond acceptors (Lipinski definition) is 4. The number of para-hydroxylation sites is 1. The number of nitrogens with two attached hydrogens (primary N) is 1. The van der Waals surface area contributed by atoms with Crippen LogP contribution >= 0.6 is 0 Å². The topological polar surface area (TPSA) is 78.7 Å². The zero-order valence-electron chi connectivity index (χ0n) is 11.7. The predicted octanol–water partition coefficient (Wildman–Crippen LogP) is 0.450. The number of primary amides is 1. The SMILES string of the molecule is CC(=O)N1C(NCC(N)=O)CC(C)N1c1ccccc1. The second kappa shape index (κ2) is 5.92. The van der Waals surface area contributed by atoms with Crippen molar-refractivity contribution in [2.24, 2.45) is 5.73 Å². The Labute approximate surface area is 118 Å². The largest absolute Gasteiger partial charge is 0.369 e. The lowest BCUT2D eigenvalue weighted by Gasteiger charge is -2.34. The van der Waals surface area contributed by atoms with Crippen molar-refractivity contribution in [2.75, 3.05) is 11.6 Å². The second-order valence-corrected chi connectivity index (χ2v) is 4.99. The molecule has 1 aliphatic heterocycles. The number of hydrogen-bond donors (Lipinski definition) is 2. The summed E-state index contributed by atoms with van der Waals surface area (Å²) in [5.41, 5.74) is 6.11. The zero-order chi connectivity index (χ0) is 14.7. The summed E-state index contributed by atoms with van der Waals surface area (Å²) in [6.45, 7) is 3.63. The van der Waals surface area contributed by atoms with Crippen LogP contribution in [0.25, 0.3) is 0 Å². The normalized spacial score (nSPS) is 22.1. The van der Waals surface area contributed by atoms with Crippen LogP contribution in [0.15, 0.2) is 30.3 Å². The molecule has 1 saturated heterocycles. The van der Waals surface area contributed by atoms with Crippen molar-refractivity contribution in [3.05, 3.63) is 30.3 Å². The van der Waals surface area contributed by atoms with E-state index in [0.717, 1.165) is 12.1 Å². The van der Waals surface area contributed by atoms with E-state index in [0.29, 0.717) is 0 Å². The van der Waals surface area contributed by atoms with Crippen molar-refractivity contribution >= 4 is 17.5 Å². The number of amides is 2. The third-order valence-electron chi connectivity index (χ3n) is 3.36. The molecule has 108 valence electrons. The van der Waals surface area contributed by atoms with Gasteiger partial charge in [-0.2, -0.15) is 0 Å². The fraction of sp³-hybridized carbons (Fsp3) is 0.429. The zero-order valence-corrected chi connectivity index (χ0v) is 11.7. The van der Waals surface area contributed by atoms with Crippen LogP contribution in [0.2, 0.25) is 0 Å². The molecule has 2 rings (SSSR count). The minimum atomic E-state index is -0.431. The maximum Gasteiger partial charge on any atom is 0.239 e. The smallest absolute Gasteiger partial charge is 0.239 e. The molecule has 1 aromatic rings. The summed E-state index contributed by atoms with van der Waals surface area (Å²) < 4.78 is 0. The standard InChI is InChI=1S/C14H20N4O2/c1-10-8-14(16-9-13(15)20)18(11(2)19)17(10)12-6-4-3-5-7-12/h3-7,10,14,16H,8-9H2,1-2H3,(H2,15,20). The van der Waals surface area contributed by atoms with E-state index in [1.807, 2.05) is 35.3 Å². The molecule has 1 aromatic carbocycles. The molecule has 2 amide bonds. The highest BCUT2D eigenvalue weighted by atomic mass is 16.2. The second-order valence-electron chi connectivity index (χ2n) is 4.99. The molecule has 1 aliphatic rings. The van der Waals surface area contributed by atoms with Crippen LogP contribution < -0.4 is 16.1 Å². The Morgan fingerprint density at radius 2 is 2.00 bits per heavy atom. The summed E-state index contributed by atoms with van der Waals surface area (Å²) in [6, 6.07) is 9.89. The number of carbonyl (C=O) groups is 2. The molecule has 2 atom stereocenters. The quantitative estimate of drug-likeness (QED) is 0.837. The molecule has 0 spiro atoms. The molecule has 1 heterocycles. The highest BCUT2D eigenvalue weighted by molar-refractivity contribution is 5.78. The van der Waals surface area contributed by atoms with Crippen molar-refractivity contribution < 1.29 is 9.59 Å². The molecule has 0 radical (unpaired) electrons. The number of nitrogens with zero attached hydrogens (tertiary/aromatic N) is 2. The van der Waals surface area contributed by atoms with Gasteiger partial charge in [0, 0.05) is 13.3 Å². The van der Waals surface area contributed by atoms with Gasteiger partial charge < -0.3 is 5.73 Å². The van der Waals surface area contributed by atoms with Crippen LogP contribution in [-0.4, -0.2) is 35.6 Å². The van der Waals surface area contributed by atoms with E-state index >= 15 is 0 Å². The van der Waals surface area contributed by atoms with Crippen molar-refractivity contribution in [3.8, 4) is 0 Å². The molecule has 1 fully saturated rings. The number of benzene rings is 1.